The van der Waals surface area contributed by atoms with Gasteiger partial charge in [0.05, 0.1) is 17.3 Å². The lowest BCUT2D eigenvalue weighted by molar-refractivity contribution is -0.115. The van der Waals surface area contributed by atoms with Crippen LogP contribution in [0.2, 0.25) is 0 Å². The third-order valence-electron chi connectivity index (χ3n) is 4.89. The Morgan fingerprint density at radius 2 is 1.94 bits per heavy atom. The molecule has 0 saturated heterocycles. The van der Waals surface area contributed by atoms with Gasteiger partial charge in [-0.15, -0.1) is 11.3 Å². The summed E-state index contributed by atoms with van der Waals surface area (Å²) in [6.45, 7) is 4.48. The minimum atomic E-state index is -0.493. The van der Waals surface area contributed by atoms with E-state index in [9.17, 15) is 14.9 Å². The topological polar surface area (TPSA) is 84.1 Å². The molecule has 1 N–H and O–H groups in total. The van der Waals surface area contributed by atoms with Crippen molar-refractivity contribution >= 4 is 28.9 Å². The molecular weight excluding hydrogens is 422 g/mol. The van der Waals surface area contributed by atoms with Crippen molar-refractivity contribution in [2.24, 2.45) is 0 Å². The monoisotopic (exact) mass is 447 g/mol. The van der Waals surface area contributed by atoms with Crippen LogP contribution >= 0.6 is 11.3 Å². The van der Waals surface area contributed by atoms with Crippen LogP contribution in [0.15, 0.2) is 53.3 Å². The molecule has 0 unspecified atom stereocenters. The molecule has 1 aromatic heterocycles. The molecule has 0 aliphatic rings. The molecule has 0 aliphatic carbocycles. The number of aryl methyl sites for hydroxylation is 1. The quantitative estimate of drug-likeness (QED) is 0.565. The second-order valence-electron chi connectivity index (χ2n) is 7.24. The van der Waals surface area contributed by atoms with E-state index in [1.54, 1.807) is 30.3 Å². The van der Waals surface area contributed by atoms with Crippen LogP contribution in [0.25, 0.3) is 17.3 Å². The van der Waals surface area contributed by atoms with Crippen molar-refractivity contribution < 1.29 is 9.53 Å². The van der Waals surface area contributed by atoms with Crippen LogP contribution < -0.4 is 24.8 Å². The maximum Gasteiger partial charge on any atom is 0.273 e. The first-order valence-corrected chi connectivity index (χ1v) is 11.2. The summed E-state index contributed by atoms with van der Waals surface area (Å²) in [5.41, 5.74) is 2.04. The van der Waals surface area contributed by atoms with Gasteiger partial charge in [0.1, 0.15) is 16.5 Å². The van der Waals surface area contributed by atoms with E-state index in [0.717, 1.165) is 35.3 Å². The van der Waals surface area contributed by atoms with Gasteiger partial charge in [0.15, 0.2) is 5.57 Å². The summed E-state index contributed by atoms with van der Waals surface area (Å²) in [5.74, 6) is -0.0213. The molecule has 2 aromatic carbocycles. The van der Waals surface area contributed by atoms with E-state index < -0.39 is 5.91 Å². The highest BCUT2D eigenvalue weighted by atomic mass is 32.1. The Bertz CT molecular complexity index is 1330. The molecule has 3 rings (SSSR count). The average Bonchev–Trinajstić information content (AvgIpc) is 3.11. The van der Waals surface area contributed by atoms with E-state index >= 15 is 0 Å². The molecule has 3 aromatic rings. The lowest BCUT2D eigenvalue weighted by Crippen LogP contribution is -2.34. The number of nitrogens with one attached hydrogen (secondary N) is 1. The Hall–Kier alpha value is -3.63. The number of aromatic nitrogens is 1. The number of hydrogen-bond acceptors (Lipinski definition) is 5. The first-order valence-electron chi connectivity index (χ1n) is 10.4. The van der Waals surface area contributed by atoms with Gasteiger partial charge in [-0.05, 0) is 37.1 Å². The van der Waals surface area contributed by atoms with Crippen molar-refractivity contribution in [3.8, 4) is 17.5 Å². The van der Waals surface area contributed by atoms with Crippen molar-refractivity contribution in [2.75, 3.05) is 13.7 Å². The summed E-state index contributed by atoms with van der Waals surface area (Å²) in [4.78, 5) is 26.2. The second kappa shape index (κ2) is 10.6. The molecule has 32 heavy (non-hydrogen) atoms. The number of methoxy groups -OCH3 is 1. The van der Waals surface area contributed by atoms with Crippen molar-refractivity contribution in [3.05, 3.63) is 79.2 Å². The number of amides is 1. The fourth-order valence-corrected chi connectivity index (χ4v) is 4.25. The smallest absolute Gasteiger partial charge is 0.273 e. The SMILES string of the molecule is CCCCNC(=O)/C(C#N)=c1\s/c(=C\c2ccc(C)cc2)c(=O)n1-c1ccccc1OC. The number of hydrogen-bond donors (Lipinski definition) is 1. The number of unbranched alkanes of at least 4 members (excludes halogenated alkanes) is 1. The van der Waals surface area contributed by atoms with Gasteiger partial charge in [0.2, 0.25) is 0 Å². The predicted octanol–water partition coefficient (Wildman–Crippen LogP) is 2.64. The first-order chi connectivity index (χ1) is 15.5. The van der Waals surface area contributed by atoms with E-state index in [1.165, 1.54) is 11.7 Å². The van der Waals surface area contributed by atoms with Gasteiger partial charge in [0.25, 0.3) is 11.5 Å². The van der Waals surface area contributed by atoms with Gasteiger partial charge in [-0.1, -0.05) is 55.3 Å². The number of nitrogens with zero attached hydrogens (tertiary/aromatic N) is 2. The number of carbonyl (C=O) groups excluding carboxylic acids is 1. The van der Waals surface area contributed by atoms with Gasteiger partial charge < -0.3 is 10.1 Å². The number of benzene rings is 2. The molecule has 164 valence electrons. The van der Waals surface area contributed by atoms with Gasteiger partial charge in [-0.25, -0.2) is 0 Å². The summed E-state index contributed by atoms with van der Waals surface area (Å²) in [7, 11) is 1.52. The standard InChI is InChI=1S/C25H25N3O3S/c1-4-5-14-27-23(29)19(16-26)25-28(20-8-6-7-9-21(20)31-3)24(30)22(32-25)15-18-12-10-17(2)11-13-18/h6-13,15H,4-5,14H2,1-3H3,(H,27,29)/b22-15-,25-19-. The largest absolute Gasteiger partial charge is 0.495 e. The molecule has 0 atom stereocenters. The number of carbonyl (C=O) groups is 1. The van der Waals surface area contributed by atoms with Crippen molar-refractivity contribution in [1.29, 1.82) is 5.26 Å². The second-order valence-corrected chi connectivity index (χ2v) is 8.27. The van der Waals surface area contributed by atoms with Crippen LogP contribution in [0.3, 0.4) is 0 Å². The highest BCUT2D eigenvalue weighted by molar-refractivity contribution is 7.07. The zero-order valence-corrected chi connectivity index (χ0v) is 19.2. The minimum Gasteiger partial charge on any atom is -0.495 e. The van der Waals surface area contributed by atoms with Gasteiger partial charge in [-0.3, -0.25) is 14.2 Å². The Morgan fingerprint density at radius 1 is 1.22 bits per heavy atom. The highest BCUT2D eigenvalue weighted by Crippen LogP contribution is 2.19. The van der Waals surface area contributed by atoms with E-state index in [2.05, 4.69) is 5.32 Å². The third-order valence-corrected chi connectivity index (χ3v) is 5.99. The Labute approximate surface area is 190 Å². The number of thiazole rings is 1. The summed E-state index contributed by atoms with van der Waals surface area (Å²) in [6, 6.07) is 16.8. The van der Waals surface area contributed by atoms with E-state index in [1.807, 2.05) is 44.2 Å². The summed E-state index contributed by atoms with van der Waals surface area (Å²) < 4.78 is 7.53. The number of ether oxygens (including phenoxy) is 1. The molecule has 0 bridgehead atoms. The van der Waals surface area contributed by atoms with Crippen LogP contribution in [-0.2, 0) is 4.79 Å². The lowest BCUT2D eigenvalue weighted by atomic mass is 10.1. The maximum absolute atomic E-state index is 13.5. The van der Waals surface area contributed by atoms with Crippen LogP contribution in [0.4, 0.5) is 0 Å². The Morgan fingerprint density at radius 3 is 2.59 bits per heavy atom. The van der Waals surface area contributed by atoms with Gasteiger partial charge in [-0.2, -0.15) is 5.26 Å². The fraction of sp³-hybridized carbons (Fsp3) is 0.240. The van der Waals surface area contributed by atoms with Crippen molar-refractivity contribution in [1.82, 2.24) is 9.88 Å². The zero-order valence-electron chi connectivity index (χ0n) is 18.3. The number of nitriles is 1. The molecule has 0 spiro atoms. The van der Waals surface area contributed by atoms with Crippen LogP contribution in [-0.4, -0.2) is 24.1 Å². The molecule has 7 heteroatoms. The number of para-hydroxylation sites is 2. The summed E-state index contributed by atoms with van der Waals surface area (Å²) >= 11 is 1.12. The Kier molecular flexibility index (Phi) is 7.63. The van der Waals surface area contributed by atoms with E-state index in [-0.39, 0.29) is 15.8 Å². The molecule has 1 amide bonds. The fourth-order valence-electron chi connectivity index (χ4n) is 3.16. The summed E-state index contributed by atoms with van der Waals surface area (Å²) in [5, 5.41) is 12.6. The molecule has 0 aliphatic heterocycles. The lowest BCUT2D eigenvalue weighted by Gasteiger charge is -2.09. The van der Waals surface area contributed by atoms with Gasteiger partial charge >= 0.3 is 0 Å². The molecule has 0 saturated carbocycles. The molecule has 6 nitrogen and oxygen atoms in total. The molecule has 1 heterocycles. The van der Waals surface area contributed by atoms with Crippen molar-refractivity contribution in [2.45, 2.75) is 26.7 Å². The van der Waals surface area contributed by atoms with E-state index in [4.69, 9.17) is 4.74 Å². The average molecular weight is 448 g/mol. The number of rotatable bonds is 7. The predicted molar refractivity (Wildman–Crippen MR) is 127 cm³/mol. The molecular formula is C25H25N3O3S. The van der Waals surface area contributed by atoms with E-state index in [0.29, 0.717) is 22.5 Å². The Balaban J connectivity index is 2.32. The first kappa shape index (κ1) is 23.0. The maximum atomic E-state index is 13.5. The van der Waals surface area contributed by atoms with Crippen LogP contribution in [0.1, 0.15) is 30.9 Å². The normalized spacial score (nSPS) is 12.2. The third kappa shape index (κ3) is 4.98. The molecule has 0 fully saturated rings. The van der Waals surface area contributed by atoms with Crippen LogP contribution in [0, 0.1) is 18.3 Å². The van der Waals surface area contributed by atoms with Gasteiger partial charge in [0, 0.05) is 6.54 Å². The summed E-state index contributed by atoms with van der Waals surface area (Å²) in [6.07, 6.45) is 3.50. The minimum absolute atomic E-state index is 0.0994. The molecule has 0 radical (unpaired) electrons. The van der Waals surface area contributed by atoms with Crippen LogP contribution in [0.5, 0.6) is 5.75 Å². The zero-order chi connectivity index (χ0) is 23.1. The van der Waals surface area contributed by atoms with Crippen molar-refractivity contribution in [3.63, 3.8) is 0 Å². The highest BCUT2D eigenvalue weighted by Gasteiger charge is 2.18.